The molecule has 2 atom stereocenters. The van der Waals surface area contributed by atoms with Gasteiger partial charge in [0.15, 0.2) is 0 Å². The zero-order valence-corrected chi connectivity index (χ0v) is 55.5. The van der Waals surface area contributed by atoms with Gasteiger partial charge in [0, 0.05) is 12.8 Å². The summed E-state index contributed by atoms with van der Waals surface area (Å²) in [5.74, 6) is -0.0249. The van der Waals surface area contributed by atoms with Crippen LogP contribution in [-0.4, -0.2) is 47.4 Å². The van der Waals surface area contributed by atoms with Gasteiger partial charge in [-0.2, -0.15) is 0 Å². The Morgan fingerprint density at radius 1 is 0.341 bits per heavy atom. The highest BCUT2D eigenvalue weighted by atomic mass is 16.5. The van der Waals surface area contributed by atoms with Crippen LogP contribution in [0, 0.1) is 0 Å². The fourth-order valence-electron chi connectivity index (χ4n) is 11.7. The van der Waals surface area contributed by atoms with Crippen molar-refractivity contribution in [3.05, 3.63) is 36.5 Å². The van der Waals surface area contributed by atoms with E-state index < -0.39 is 12.1 Å². The number of aliphatic hydroxyl groups excluding tert-OH is 2. The van der Waals surface area contributed by atoms with Gasteiger partial charge in [-0.3, -0.25) is 9.59 Å². The van der Waals surface area contributed by atoms with Gasteiger partial charge in [-0.05, 0) is 83.5 Å². The van der Waals surface area contributed by atoms with Crippen LogP contribution in [0.4, 0.5) is 0 Å². The summed E-state index contributed by atoms with van der Waals surface area (Å²) in [4.78, 5) is 24.7. The van der Waals surface area contributed by atoms with Crippen LogP contribution < -0.4 is 5.32 Å². The van der Waals surface area contributed by atoms with Crippen molar-refractivity contribution in [3.63, 3.8) is 0 Å². The van der Waals surface area contributed by atoms with Crippen molar-refractivity contribution in [2.75, 3.05) is 13.2 Å². The van der Waals surface area contributed by atoms with Crippen LogP contribution in [0.2, 0.25) is 0 Å². The highest BCUT2D eigenvalue weighted by Gasteiger charge is 2.20. The first-order valence-electron chi connectivity index (χ1n) is 37.2. The summed E-state index contributed by atoms with van der Waals surface area (Å²) >= 11 is 0. The Balaban J connectivity index is 3.39. The van der Waals surface area contributed by atoms with Gasteiger partial charge in [0.05, 0.1) is 25.4 Å². The average molecular weight is 1150 g/mol. The third-order valence-corrected chi connectivity index (χ3v) is 17.4. The molecule has 0 aliphatic rings. The molecule has 484 valence electrons. The first-order valence-corrected chi connectivity index (χ1v) is 37.2. The van der Waals surface area contributed by atoms with Crippen molar-refractivity contribution >= 4 is 11.9 Å². The molecule has 0 rings (SSSR count). The number of unbranched alkanes of at least 4 members (excludes halogenated alkanes) is 53. The van der Waals surface area contributed by atoms with Crippen molar-refractivity contribution < 1.29 is 24.5 Å². The molecule has 0 bridgehead atoms. The molecule has 0 saturated heterocycles. The normalized spacial score (nSPS) is 12.7. The van der Waals surface area contributed by atoms with E-state index in [1.807, 2.05) is 0 Å². The standard InChI is InChI=1S/C76H145NO5/c1-3-5-7-9-11-13-15-17-19-21-23-30-33-36-40-44-48-52-56-60-64-68-74(79)73(72-78)77-75(80)69-65-61-57-53-49-45-41-37-34-31-28-26-24-25-27-29-32-35-39-43-47-51-55-59-63-67-71-82-76(81)70-66-62-58-54-50-46-42-38-22-20-18-16-14-12-10-8-6-4-2/h14,16,20,22,24,26,73-74,78-79H,3-13,15,17-19,21,23,25,27-72H2,1-2H3,(H,77,80)/b16-14-,22-20-,26-24-. The van der Waals surface area contributed by atoms with Crippen LogP contribution in [0.3, 0.4) is 0 Å². The molecular weight excluding hydrogens is 1010 g/mol. The predicted octanol–water partition coefficient (Wildman–Crippen LogP) is 24.3. The third-order valence-electron chi connectivity index (χ3n) is 17.4. The molecule has 0 fully saturated rings. The maximum atomic E-state index is 12.6. The lowest BCUT2D eigenvalue weighted by Crippen LogP contribution is -2.45. The van der Waals surface area contributed by atoms with Crippen LogP contribution in [0.25, 0.3) is 0 Å². The maximum Gasteiger partial charge on any atom is 0.305 e. The molecule has 82 heavy (non-hydrogen) atoms. The number of rotatable bonds is 70. The smallest absolute Gasteiger partial charge is 0.305 e. The van der Waals surface area contributed by atoms with Crippen molar-refractivity contribution in [2.24, 2.45) is 0 Å². The Kier molecular flexibility index (Phi) is 69.9. The highest BCUT2D eigenvalue weighted by Crippen LogP contribution is 2.19. The Morgan fingerprint density at radius 2 is 0.610 bits per heavy atom. The van der Waals surface area contributed by atoms with E-state index in [2.05, 4.69) is 55.6 Å². The van der Waals surface area contributed by atoms with Crippen LogP contribution in [-0.2, 0) is 14.3 Å². The molecule has 0 spiro atoms. The van der Waals surface area contributed by atoms with Gasteiger partial charge in [0.25, 0.3) is 0 Å². The van der Waals surface area contributed by atoms with E-state index in [0.717, 1.165) is 51.4 Å². The minimum atomic E-state index is -0.667. The van der Waals surface area contributed by atoms with E-state index in [-0.39, 0.29) is 18.5 Å². The van der Waals surface area contributed by atoms with Gasteiger partial charge in [-0.25, -0.2) is 0 Å². The Labute approximate surface area is 513 Å². The van der Waals surface area contributed by atoms with E-state index in [4.69, 9.17) is 4.74 Å². The molecule has 0 aromatic carbocycles. The first kappa shape index (κ1) is 80.1. The van der Waals surface area contributed by atoms with Gasteiger partial charge in [-0.1, -0.05) is 352 Å². The van der Waals surface area contributed by atoms with Gasteiger partial charge in [0.1, 0.15) is 0 Å². The Bertz CT molecular complexity index is 1330. The minimum absolute atomic E-state index is 0.00773. The van der Waals surface area contributed by atoms with Crippen molar-refractivity contribution in [3.8, 4) is 0 Å². The Morgan fingerprint density at radius 3 is 0.951 bits per heavy atom. The van der Waals surface area contributed by atoms with Crippen molar-refractivity contribution in [2.45, 2.75) is 424 Å². The number of allylic oxidation sites excluding steroid dienone is 6. The molecule has 0 radical (unpaired) electrons. The van der Waals surface area contributed by atoms with E-state index in [1.54, 1.807) is 0 Å². The number of carbonyl (C=O) groups excluding carboxylic acids is 2. The zero-order chi connectivity index (χ0) is 59.2. The molecule has 3 N–H and O–H groups in total. The maximum absolute atomic E-state index is 12.6. The predicted molar refractivity (Wildman–Crippen MR) is 361 cm³/mol. The monoisotopic (exact) mass is 1150 g/mol. The number of amides is 1. The summed E-state index contributed by atoms with van der Waals surface area (Å²) in [7, 11) is 0. The van der Waals surface area contributed by atoms with Crippen LogP contribution in [0.1, 0.15) is 412 Å². The topological polar surface area (TPSA) is 95.9 Å². The molecule has 0 aliphatic carbocycles. The van der Waals surface area contributed by atoms with Crippen LogP contribution >= 0.6 is 0 Å². The first-order chi connectivity index (χ1) is 40.5. The number of ether oxygens (including phenoxy) is 1. The number of hydrogen-bond donors (Lipinski definition) is 3. The number of nitrogens with one attached hydrogen (secondary N) is 1. The summed E-state index contributed by atoms with van der Waals surface area (Å²) in [6.45, 7) is 4.97. The molecule has 6 heteroatoms. The van der Waals surface area contributed by atoms with Crippen LogP contribution in [0.5, 0.6) is 0 Å². The van der Waals surface area contributed by atoms with Gasteiger partial charge in [0.2, 0.25) is 5.91 Å². The van der Waals surface area contributed by atoms with Crippen LogP contribution in [0.15, 0.2) is 36.5 Å². The molecule has 0 aromatic rings. The lowest BCUT2D eigenvalue weighted by atomic mass is 10.0. The number of aliphatic hydroxyl groups is 2. The third kappa shape index (κ3) is 67.2. The second-order valence-electron chi connectivity index (χ2n) is 25.6. The summed E-state index contributed by atoms with van der Waals surface area (Å²) in [5.41, 5.74) is 0. The molecular formula is C76H145NO5. The lowest BCUT2D eigenvalue weighted by Gasteiger charge is -2.22. The van der Waals surface area contributed by atoms with Crippen molar-refractivity contribution in [1.29, 1.82) is 0 Å². The Hall–Kier alpha value is -1.92. The second kappa shape index (κ2) is 71.6. The van der Waals surface area contributed by atoms with E-state index in [9.17, 15) is 19.8 Å². The molecule has 1 amide bonds. The van der Waals surface area contributed by atoms with Gasteiger partial charge < -0.3 is 20.3 Å². The number of carbonyl (C=O) groups is 2. The number of esters is 1. The lowest BCUT2D eigenvalue weighted by molar-refractivity contribution is -0.143. The molecule has 6 nitrogen and oxygen atoms in total. The summed E-state index contributed by atoms with van der Waals surface area (Å²) in [6.07, 6.45) is 92.0. The molecule has 0 heterocycles. The van der Waals surface area contributed by atoms with E-state index in [1.165, 1.54) is 327 Å². The van der Waals surface area contributed by atoms with E-state index >= 15 is 0 Å². The summed E-state index contributed by atoms with van der Waals surface area (Å²) < 4.78 is 5.50. The molecule has 2 unspecified atom stereocenters. The molecule has 0 aromatic heterocycles. The summed E-state index contributed by atoms with van der Waals surface area (Å²) in [5, 5.41) is 23.4. The molecule has 0 aliphatic heterocycles. The largest absolute Gasteiger partial charge is 0.466 e. The molecule has 0 saturated carbocycles. The quantitative estimate of drug-likeness (QED) is 0.0320. The fourth-order valence-corrected chi connectivity index (χ4v) is 11.7. The van der Waals surface area contributed by atoms with Gasteiger partial charge in [-0.15, -0.1) is 0 Å². The number of hydrogen-bond acceptors (Lipinski definition) is 5. The van der Waals surface area contributed by atoms with Gasteiger partial charge >= 0.3 is 5.97 Å². The fraction of sp³-hybridized carbons (Fsp3) is 0.895. The van der Waals surface area contributed by atoms with Crippen molar-refractivity contribution in [1.82, 2.24) is 5.32 Å². The van der Waals surface area contributed by atoms with E-state index in [0.29, 0.717) is 25.9 Å². The average Bonchev–Trinajstić information content (AvgIpc) is 3.48. The SMILES string of the molecule is CCCCCC/C=C\C/C=C\CCCCCCCCCC(=O)OCCCCCCCCCCCCCC/C=C\CCCCCCCCCCCCC(=O)NC(CO)C(O)CCCCCCCCCCCCCCCCCCCCCCC. The highest BCUT2D eigenvalue weighted by molar-refractivity contribution is 5.76. The minimum Gasteiger partial charge on any atom is -0.466 e. The second-order valence-corrected chi connectivity index (χ2v) is 25.6. The summed E-state index contributed by atoms with van der Waals surface area (Å²) in [6, 6.07) is -0.544. The zero-order valence-electron chi connectivity index (χ0n) is 55.5.